The fourth-order valence-electron chi connectivity index (χ4n) is 1.40. The minimum atomic E-state index is -4.32. The Morgan fingerprint density at radius 3 is 2.52 bits per heavy atom. The summed E-state index contributed by atoms with van der Waals surface area (Å²) < 4.78 is 37.9. The number of halogens is 3. The molecule has 112 valence electrons. The molecule has 9 heteroatoms. The Labute approximate surface area is 126 Å². The molecule has 0 aliphatic rings. The van der Waals surface area contributed by atoms with Gasteiger partial charge >= 0.3 is 6.18 Å². The summed E-state index contributed by atoms with van der Waals surface area (Å²) in [4.78, 5) is 10.8. The molecule has 0 aliphatic heterocycles. The van der Waals surface area contributed by atoms with Gasteiger partial charge in [0.05, 0.1) is 5.56 Å². The Morgan fingerprint density at radius 2 is 1.95 bits per heavy atom. The van der Waals surface area contributed by atoms with E-state index in [-0.39, 0.29) is 5.91 Å². The number of amides is 1. The van der Waals surface area contributed by atoms with Crippen LogP contribution in [0.3, 0.4) is 0 Å². The van der Waals surface area contributed by atoms with E-state index in [1.165, 1.54) is 42.2 Å². The summed E-state index contributed by atoms with van der Waals surface area (Å²) in [6.45, 7) is 1.37. The molecule has 0 bridgehead atoms. The van der Waals surface area contributed by atoms with Crippen molar-refractivity contribution in [3.8, 4) is 0 Å². The molecular weight excluding hydrogens is 323 g/mol. The Kier molecular flexibility index (Phi) is 4.84. The van der Waals surface area contributed by atoms with Gasteiger partial charge in [-0.3, -0.25) is 4.79 Å². The van der Waals surface area contributed by atoms with Gasteiger partial charge in [0.25, 0.3) is 0 Å². The lowest BCUT2D eigenvalue weighted by molar-refractivity contribution is -0.137. The van der Waals surface area contributed by atoms with Gasteiger partial charge in [-0.05, 0) is 17.7 Å². The maximum atomic E-state index is 12.4. The van der Waals surface area contributed by atoms with E-state index in [4.69, 9.17) is 0 Å². The monoisotopic (exact) mass is 333 g/mol. The molecule has 1 N–H and O–H groups in total. The molecule has 2 rings (SSSR count). The Balaban J connectivity index is 1.94. The average molecular weight is 333 g/mol. The molecule has 21 heavy (non-hydrogen) atoms. The van der Waals surface area contributed by atoms with Crippen molar-refractivity contribution in [3.63, 3.8) is 0 Å². The second-order valence-corrected chi connectivity index (χ2v) is 6.24. The zero-order valence-corrected chi connectivity index (χ0v) is 12.4. The highest BCUT2D eigenvalue weighted by Crippen LogP contribution is 2.31. The largest absolute Gasteiger partial charge is 0.416 e. The van der Waals surface area contributed by atoms with Crippen molar-refractivity contribution in [3.05, 3.63) is 35.4 Å². The number of nitrogens with one attached hydrogen (secondary N) is 1. The Hall–Kier alpha value is -1.61. The molecule has 0 atom stereocenters. The number of alkyl halides is 3. The molecule has 2 aromatic rings. The van der Waals surface area contributed by atoms with Gasteiger partial charge < -0.3 is 5.32 Å². The molecule has 0 aliphatic carbocycles. The number of nitrogens with zero attached hydrogens (tertiary/aromatic N) is 2. The third-order valence-corrected chi connectivity index (χ3v) is 4.38. The van der Waals surface area contributed by atoms with Crippen molar-refractivity contribution in [2.75, 3.05) is 5.32 Å². The van der Waals surface area contributed by atoms with E-state index in [1.54, 1.807) is 0 Å². The van der Waals surface area contributed by atoms with Crippen LogP contribution < -0.4 is 5.32 Å². The SMILES string of the molecule is CC(=O)Nc1nnc(SCc2ccc(C(F)(F)F)cc2)s1. The second-order valence-electron chi connectivity index (χ2n) is 4.04. The van der Waals surface area contributed by atoms with Crippen LogP contribution in [0.4, 0.5) is 18.3 Å². The summed E-state index contributed by atoms with van der Waals surface area (Å²) in [5.74, 6) is 0.248. The summed E-state index contributed by atoms with van der Waals surface area (Å²) in [7, 11) is 0. The van der Waals surface area contributed by atoms with Crippen molar-refractivity contribution in [2.45, 2.75) is 23.2 Å². The first-order chi connectivity index (χ1) is 9.84. The van der Waals surface area contributed by atoms with Gasteiger partial charge in [-0.15, -0.1) is 10.2 Å². The molecule has 0 fully saturated rings. The van der Waals surface area contributed by atoms with Crippen molar-refractivity contribution in [1.29, 1.82) is 0 Å². The van der Waals surface area contributed by atoms with Crippen LogP contribution in [0.25, 0.3) is 0 Å². The minimum absolute atomic E-state index is 0.231. The van der Waals surface area contributed by atoms with Gasteiger partial charge in [-0.1, -0.05) is 35.2 Å². The van der Waals surface area contributed by atoms with E-state index in [1.807, 2.05) is 0 Å². The highest BCUT2D eigenvalue weighted by molar-refractivity contribution is 8.00. The number of hydrogen-bond acceptors (Lipinski definition) is 5. The van der Waals surface area contributed by atoms with Crippen LogP contribution in [0.2, 0.25) is 0 Å². The van der Waals surface area contributed by atoms with Crippen molar-refractivity contribution < 1.29 is 18.0 Å². The number of hydrogen-bond donors (Lipinski definition) is 1. The average Bonchev–Trinajstić information content (AvgIpc) is 2.82. The molecular formula is C12H10F3N3OS2. The van der Waals surface area contributed by atoms with Crippen LogP contribution in [0.15, 0.2) is 28.6 Å². The summed E-state index contributed by atoms with van der Waals surface area (Å²) in [5, 5.41) is 10.6. The van der Waals surface area contributed by atoms with Crippen LogP contribution in [0.1, 0.15) is 18.1 Å². The fraction of sp³-hybridized carbons (Fsp3) is 0.250. The zero-order chi connectivity index (χ0) is 15.5. The number of carbonyl (C=O) groups excluding carboxylic acids is 1. The van der Waals surface area contributed by atoms with Crippen molar-refractivity contribution in [2.24, 2.45) is 0 Å². The Bertz CT molecular complexity index is 625. The Morgan fingerprint density at radius 1 is 1.29 bits per heavy atom. The quantitative estimate of drug-likeness (QED) is 0.683. The number of anilines is 1. The van der Waals surface area contributed by atoms with Gasteiger partial charge in [-0.25, -0.2) is 0 Å². The van der Waals surface area contributed by atoms with Crippen LogP contribution in [-0.2, 0) is 16.7 Å². The van der Waals surface area contributed by atoms with Gasteiger partial charge in [0, 0.05) is 12.7 Å². The number of rotatable bonds is 4. The topological polar surface area (TPSA) is 54.9 Å². The van der Waals surface area contributed by atoms with E-state index < -0.39 is 11.7 Å². The molecule has 4 nitrogen and oxygen atoms in total. The van der Waals surface area contributed by atoms with E-state index >= 15 is 0 Å². The molecule has 0 saturated heterocycles. The van der Waals surface area contributed by atoms with Crippen molar-refractivity contribution >= 4 is 34.1 Å². The smallest absolute Gasteiger partial charge is 0.301 e. The van der Waals surface area contributed by atoms with Gasteiger partial charge in [0.1, 0.15) is 0 Å². The predicted molar refractivity (Wildman–Crippen MR) is 75.2 cm³/mol. The van der Waals surface area contributed by atoms with Crippen LogP contribution in [0.5, 0.6) is 0 Å². The van der Waals surface area contributed by atoms with E-state index in [2.05, 4.69) is 15.5 Å². The number of benzene rings is 1. The molecule has 1 aromatic heterocycles. The molecule has 1 heterocycles. The predicted octanol–water partition coefficient (Wildman–Crippen LogP) is 3.81. The molecule has 1 amide bonds. The normalized spacial score (nSPS) is 11.4. The van der Waals surface area contributed by atoms with Gasteiger partial charge in [0.15, 0.2) is 4.34 Å². The molecule has 0 spiro atoms. The van der Waals surface area contributed by atoms with Crippen molar-refractivity contribution in [1.82, 2.24) is 10.2 Å². The van der Waals surface area contributed by atoms with Gasteiger partial charge in [0.2, 0.25) is 11.0 Å². The van der Waals surface area contributed by atoms with Crippen LogP contribution >= 0.6 is 23.1 Å². The fourth-order valence-corrected chi connectivity index (χ4v) is 3.16. The molecule has 1 aromatic carbocycles. The maximum absolute atomic E-state index is 12.4. The molecule has 0 unspecified atom stereocenters. The van der Waals surface area contributed by atoms with E-state index in [0.717, 1.165) is 17.7 Å². The summed E-state index contributed by atoms with van der Waals surface area (Å²) in [6, 6.07) is 4.98. The maximum Gasteiger partial charge on any atom is 0.416 e. The van der Waals surface area contributed by atoms with E-state index in [9.17, 15) is 18.0 Å². The third kappa shape index (κ3) is 4.71. The highest BCUT2D eigenvalue weighted by atomic mass is 32.2. The molecule has 0 radical (unpaired) electrons. The summed E-state index contributed by atoms with van der Waals surface area (Å²) in [6.07, 6.45) is -4.32. The summed E-state index contributed by atoms with van der Waals surface area (Å²) in [5.41, 5.74) is 0.0874. The highest BCUT2D eigenvalue weighted by Gasteiger charge is 2.29. The third-order valence-electron chi connectivity index (χ3n) is 2.33. The summed E-state index contributed by atoms with van der Waals surface area (Å²) >= 11 is 2.56. The number of carbonyl (C=O) groups is 1. The van der Waals surface area contributed by atoms with Gasteiger partial charge in [-0.2, -0.15) is 13.2 Å². The van der Waals surface area contributed by atoms with E-state index in [0.29, 0.717) is 15.2 Å². The lowest BCUT2D eigenvalue weighted by atomic mass is 10.1. The minimum Gasteiger partial charge on any atom is -0.301 e. The first-order valence-electron chi connectivity index (χ1n) is 5.74. The number of thioether (sulfide) groups is 1. The second kappa shape index (κ2) is 6.44. The zero-order valence-electron chi connectivity index (χ0n) is 10.8. The van der Waals surface area contributed by atoms with Crippen LogP contribution in [0, 0.1) is 0 Å². The lowest BCUT2D eigenvalue weighted by Gasteiger charge is -2.06. The molecule has 0 saturated carbocycles. The van der Waals surface area contributed by atoms with Crippen LogP contribution in [-0.4, -0.2) is 16.1 Å². The number of aromatic nitrogens is 2. The standard InChI is InChI=1S/C12H10F3N3OS2/c1-7(19)16-10-17-18-11(21-10)20-6-8-2-4-9(5-3-8)12(13,14)15/h2-5H,6H2,1H3,(H,16,17,19). The first kappa shape index (κ1) is 15.8. The first-order valence-corrected chi connectivity index (χ1v) is 7.55. The lowest BCUT2D eigenvalue weighted by Crippen LogP contribution is -2.04.